The first-order valence-corrected chi connectivity index (χ1v) is 10.0. The van der Waals surface area contributed by atoms with E-state index in [1.165, 1.54) is 50.2 Å². The topological polar surface area (TPSA) is 138 Å². The highest BCUT2D eigenvalue weighted by Crippen LogP contribution is 2.30. The van der Waals surface area contributed by atoms with Crippen molar-refractivity contribution >= 4 is 17.3 Å². The van der Waals surface area contributed by atoms with Crippen LogP contribution in [0.25, 0.3) is 11.4 Å². The van der Waals surface area contributed by atoms with E-state index in [0.29, 0.717) is 5.69 Å². The molecule has 0 unspecified atom stereocenters. The smallest absolute Gasteiger partial charge is 0.416 e. The Balaban J connectivity index is 1.72. The van der Waals surface area contributed by atoms with Crippen molar-refractivity contribution in [1.82, 2.24) is 19.6 Å². The second-order valence-electron chi connectivity index (χ2n) is 7.56. The summed E-state index contributed by atoms with van der Waals surface area (Å²) in [5, 5.41) is 22.4. The van der Waals surface area contributed by atoms with Crippen LogP contribution in [-0.4, -0.2) is 30.6 Å². The van der Waals surface area contributed by atoms with E-state index in [1.54, 1.807) is 0 Å². The van der Waals surface area contributed by atoms with Gasteiger partial charge >= 0.3 is 12.1 Å². The number of aromatic carboxylic acids is 1. The zero-order chi connectivity index (χ0) is 25.5. The number of carboxylic acid groups (broad SMARTS) is 1. The number of hydrogen-bond acceptors (Lipinski definition) is 5. The van der Waals surface area contributed by atoms with Crippen molar-refractivity contribution in [2.24, 2.45) is 10.2 Å². The molecule has 2 heterocycles. The van der Waals surface area contributed by atoms with E-state index < -0.39 is 28.8 Å². The summed E-state index contributed by atoms with van der Waals surface area (Å²) in [7, 11) is 0. The van der Waals surface area contributed by atoms with Crippen LogP contribution in [0, 0.1) is 13.8 Å². The summed E-state index contributed by atoms with van der Waals surface area (Å²) in [5.74, 6) is -1.16. The van der Waals surface area contributed by atoms with E-state index in [1.807, 2.05) is 0 Å². The molecule has 0 aliphatic rings. The summed E-state index contributed by atoms with van der Waals surface area (Å²) >= 11 is 0. The lowest BCUT2D eigenvalue weighted by molar-refractivity contribution is -0.137. The van der Waals surface area contributed by atoms with Gasteiger partial charge in [0.25, 0.3) is 11.1 Å². The molecule has 2 aromatic carbocycles. The first-order chi connectivity index (χ1) is 16.5. The highest BCUT2D eigenvalue weighted by molar-refractivity contribution is 5.88. The zero-order valence-electron chi connectivity index (χ0n) is 18.2. The molecule has 3 N–H and O–H groups in total. The number of aromatic amines is 2. The Morgan fingerprint density at radius 1 is 0.857 bits per heavy atom. The average Bonchev–Trinajstić information content (AvgIpc) is 3.26. The maximum atomic E-state index is 13.0. The van der Waals surface area contributed by atoms with Crippen molar-refractivity contribution < 1.29 is 23.1 Å². The van der Waals surface area contributed by atoms with Gasteiger partial charge in [0, 0.05) is 0 Å². The molecule has 0 fully saturated rings. The van der Waals surface area contributed by atoms with Crippen LogP contribution in [0.15, 0.2) is 68.3 Å². The van der Waals surface area contributed by atoms with Gasteiger partial charge in [-0.1, -0.05) is 12.1 Å². The molecule has 0 aliphatic heterocycles. The minimum Gasteiger partial charge on any atom is -0.478 e. The van der Waals surface area contributed by atoms with Gasteiger partial charge < -0.3 is 5.11 Å². The van der Waals surface area contributed by atoms with Crippen LogP contribution in [0.4, 0.5) is 24.5 Å². The van der Waals surface area contributed by atoms with E-state index >= 15 is 0 Å². The lowest BCUT2D eigenvalue weighted by Gasteiger charge is -2.08. The summed E-state index contributed by atoms with van der Waals surface area (Å²) in [6.45, 7) is 3.03. The number of halogens is 3. The molecule has 35 heavy (non-hydrogen) atoms. The van der Waals surface area contributed by atoms with Crippen LogP contribution in [0.2, 0.25) is 0 Å². The van der Waals surface area contributed by atoms with E-state index in [0.717, 1.165) is 21.5 Å². The van der Waals surface area contributed by atoms with Gasteiger partial charge in [-0.05, 0) is 50.2 Å². The number of benzene rings is 2. The number of carbonyl (C=O) groups is 1. The Labute approximate surface area is 193 Å². The maximum Gasteiger partial charge on any atom is 0.416 e. The average molecular weight is 486 g/mol. The third kappa shape index (κ3) is 4.43. The summed E-state index contributed by atoms with van der Waals surface area (Å²) in [4.78, 5) is 36.9. The molecule has 0 spiro atoms. The van der Waals surface area contributed by atoms with Gasteiger partial charge in [-0.3, -0.25) is 19.8 Å². The fraction of sp³-hybridized carbons (Fsp3) is 0.136. The van der Waals surface area contributed by atoms with Gasteiger partial charge in [0.1, 0.15) is 0 Å². The van der Waals surface area contributed by atoms with Gasteiger partial charge in [0.15, 0.2) is 11.4 Å². The first-order valence-electron chi connectivity index (χ1n) is 10.0. The lowest BCUT2D eigenvalue weighted by Crippen LogP contribution is -2.15. The number of nitrogens with zero attached hydrogens (tertiary/aromatic N) is 4. The fourth-order valence-corrected chi connectivity index (χ4v) is 3.37. The fourth-order valence-electron chi connectivity index (χ4n) is 3.37. The van der Waals surface area contributed by atoms with Gasteiger partial charge in [-0.2, -0.15) is 13.2 Å². The molecule has 0 saturated heterocycles. The van der Waals surface area contributed by atoms with Crippen LogP contribution >= 0.6 is 0 Å². The number of carboxylic acids is 1. The van der Waals surface area contributed by atoms with Gasteiger partial charge in [-0.25, -0.2) is 14.2 Å². The summed E-state index contributed by atoms with van der Waals surface area (Å²) in [5.41, 5.74) is -1.94. The number of rotatable bonds is 5. The number of alkyl halides is 3. The SMILES string of the molecule is Cc1[nH]n(-c2cccc(C(=O)O)c2)c(=O)c1N=Nc1c(C)[nH]n(-c2cccc(C(F)(F)F)c2)c1=O. The molecular weight excluding hydrogens is 469 g/mol. The minimum atomic E-state index is -4.58. The number of azo groups is 1. The molecule has 0 saturated carbocycles. The molecule has 180 valence electrons. The van der Waals surface area contributed by atoms with E-state index in [4.69, 9.17) is 5.11 Å². The predicted molar refractivity (Wildman–Crippen MR) is 118 cm³/mol. The third-order valence-electron chi connectivity index (χ3n) is 5.11. The van der Waals surface area contributed by atoms with Crippen molar-refractivity contribution in [3.63, 3.8) is 0 Å². The molecule has 10 nitrogen and oxygen atoms in total. The monoisotopic (exact) mass is 486 g/mol. The number of H-pyrrole nitrogens is 2. The van der Waals surface area contributed by atoms with Crippen LogP contribution in [0.5, 0.6) is 0 Å². The first kappa shape index (κ1) is 23.5. The Hall–Kier alpha value is -4.68. The standard InChI is InChI=1S/C22H17F3N6O4/c1-11-17(19(32)30(28-11)15-7-3-5-13(9-15)21(34)35)26-27-18-12(2)29-31(20(18)33)16-8-4-6-14(10-16)22(23,24)25/h3-10,28-29H,1-2H3,(H,34,35). The van der Waals surface area contributed by atoms with Gasteiger partial charge in [-0.15, -0.1) is 10.2 Å². The summed E-state index contributed by atoms with van der Waals surface area (Å²) < 4.78 is 41.1. The Morgan fingerprint density at radius 3 is 1.83 bits per heavy atom. The predicted octanol–water partition coefficient (Wildman–Crippen LogP) is 4.39. The molecule has 2 aromatic heterocycles. The molecule has 4 aromatic rings. The molecule has 0 atom stereocenters. The van der Waals surface area contributed by atoms with Crippen LogP contribution in [-0.2, 0) is 6.18 Å². The van der Waals surface area contributed by atoms with Crippen molar-refractivity contribution in [2.75, 3.05) is 0 Å². The molecular formula is C22H17F3N6O4. The van der Waals surface area contributed by atoms with E-state index in [9.17, 15) is 27.6 Å². The van der Waals surface area contributed by atoms with Gasteiger partial charge in [0.05, 0.1) is 33.9 Å². The van der Waals surface area contributed by atoms with Crippen molar-refractivity contribution in [3.05, 3.63) is 91.8 Å². The van der Waals surface area contributed by atoms with E-state index in [2.05, 4.69) is 20.4 Å². The molecule has 4 rings (SSSR count). The van der Waals surface area contributed by atoms with Crippen LogP contribution < -0.4 is 11.1 Å². The largest absolute Gasteiger partial charge is 0.478 e. The second kappa shape index (κ2) is 8.59. The summed E-state index contributed by atoms with van der Waals surface area (Å²) in [6, 6.07) is 9.87. The highest BCUT2D eigenvalue weighted by Gasteiger charge is 2.30. The molecule has 0 aliphatic carbocycles. The Kier molecular flexibility index (Phi) is 5.76. The Bertz CT molecular complexity index is 1590. The third-order valence-corrected chi connectivity index (χ3v) is 5.11. The number of aryl methyl sites for hydroxylation is 2. The number of hydrogen-bond donors (Lipinski definition) is 3. The molecule has 0 radical (unpaired) electrons. The Morgan fingerprint density at radius 2 is 1.34 bits per heavy atom. The number of aromatic nitrogens is 4. The van der Waals surface area contributed by atoms with Crippen molar-refractivity contribution in [2.45, 2.75) is 20.0 Å². The minimum absolute atomic E-state index is 0.0251. The van der Waals surface area contributed by atoms with E-state index in [-0.39, 0.29) is 34.0 Å². The van der Waals surface area contributed by atoms with Gasteiger partial charge in [0.2, 0.25) is 0 Å². The van der Waals surface area contributed by atoms with Crippen molar-refractivity contribution in [1.29, 1.82) is 0 Å². The highest BCUT2D eigenvalue weighted by atomic mass is 19.4. The summed E-state index contributed by atoms with van der Waals surface area (Å²) in [6.07, 6.45) is -4.58. The zero-order valence-corrected chi connectivity index (χ0v) is 18.2. The second-order valence-corrected chi connectivity index (χ2v) is 7.56. The normalized spacial score (nSPS) is 11.9. The van der Waals surface area contributed by atoms with Crippen LogP contribution in [0.3, 0.4) is 0 Å². The number of nitrogens with one attached hydrogen (secondary N) is 2. The van der Waals surface area contributed by atoms with Crippen molar-refractivity contribution in [3.8, 4) is 11.4 Å². The quantitative estimate of drug-likeness (QED) is 0.360. The van der Waals surface area contributed by atoms with Crippen LogP contribution in [0.1, 0.15) is 27.3 Å². The molecule has 13 heteroatoms. The maximum absolute atomic E-state index is 13.0. The molecule has 0 amide bonds. The lowest BCUT2D eigenvalue weighted by atomic mass is 10.2. The molecule has 0 bridgehead atoms.